The highest BCUT2D eigenvalue weighted by molar-refractivity contribution is 5.98. The second-order valence-electron chi connectivity index (χ2n) is 11.8. The number of rotatable bonds is 12. The highest BCUT2D eigenvalue weighted by Gasteiger charge is 2.36. The van der Waals surface area contributed by atoms with Crippen molar-refractivity contribution in [1.29, 1.82) is 0 Å². The number of likely N-dealkylation sites (tertiary alicyclic amines) is 1. The lowest BCUT2D eigenvalue weighted by molar-refractivity contribution is -0.121. The summed E-state index contributed by atoms with van der Waals surface area (Å²) in [6, 6.07) is 14.9. The van der Waals surface area contributed by atoms with E-state index in [1.807, 2.05) is 0 Å². The summed E-state index contributed by atoms with van der Waals surface area (Å²) in [4.78, 5) is 20.1. The van der Waals surface area contributed by atoms with Crippen LogP contribution in [0.3, 0.4) is 0 Å². The van der Waals surface area contributed by atoms with Crippen LogP contribution in [-0.2, 0) is 10.2 Å². The molecule has 1 fully saturated rings. The topological polar surface area (TPSA) is 112 Å². The van der Waals surface area contributed by atoms with Gasteiger partial charge in [0.15, 0.2) is 23.1 Å². The van der Waals surface area contributed by atoms with Gasteiger partial charge in [-0.3, -0.25) is 9.78 Å². The Morgan fingerprint density at radius 1 is 0.957 bits per heavy atom. The van der Waals surface area contributed by atoms with E-state index in [0.717, 1.165) is 26.1 Å². The van der Waals surface area contributed by atoms with Crippen LogP contribution in [0.5, 0.6) is 23.0 Å². The number of anilines is 1. The predicted octanol–water partition coefficient (Wildman–Crippen LogP) is 7.14. The summed E-state index contributed by atoms with van der Waals surface area (Å²) in [5.41, 5.74) is 0.0611. The largest absolute Gasteiger partial charge is 0.493 e. The van der Waals surface area contributed by atoms with Crippen LogP contribution in [0.2, 0.25) is 0 Å². The van der Waals surface area contributed by atoms with E-state index >= 15 is 4.39 Å². The number of aromatic nitrogens is 3. The second kappa shape index (κ2) is 13.7. The van der Waals surface area contributed by atoms with E-state index in [4.69, 9.17) is 18.6 Å². The lowest BCUT2D eigenvalue weighted by atomic mass is 9.92. The Morgan fingerprint density at radius 3 is 2.49 bits per heavy atom. The Bertz CT molecular complexity index is 1870. The van der Waals surface area contributed by atoms with Crippen LogP contribution in [-0.4, -0.2) is 59.3 Å². The molecule has 1 aliphatic rings. The Labute approximate surface area is 270 Å². The summed E-state index contributed by atoms with van der Waals surface area (Å²) in [6.07, 6.45) is 4.99. The van der Waals surface area contributed by atoms with Gasteiger partial charge in [-0.05, 0) is 94.7 Å². The number of benzene rings is 3. The van der Waals surface area contributed by atoms with E-state index in [1.54, 1.807) is 45.4 Å². The normalized spacial score (nSPS) is 13.6. The molecule has 1 aliphatic heterocycles. The molecule has 0 unspecified atom stereocenters. The summed E-state index contributed by atoms with van der Waals surface area (Å²) in [5, 5.41) is 11.3. The second-order valence-corrected chi connectivity index (χ2v) is 11.8. The van der Waals surface area contributed by atoms with Crippen molar-refractivity contribution >= 4 is 22.5 Å². The van der Waals surface area contributed by atoms with Crippen LogP contribution >= 0.6 is 0 Å². The Morgan fingerprint density at radius 2 is 1.74 bits per heavy atom. The summed E-state index contributed by atoms with van der Waals surface area (Å²) in [6.45, 7) is 7.04. The molecule has 0 bridgehead atoms. The molecule has 6 rings (SSSR count). The molecule has 0 saturated carbocycles. The lowest BCUT2D eigenvalue weighted by Gasteiger charge is -2.19. The zero-order chi connectivity index (χ0) is 33.0. The fraction of sp³-hybridized carbons (Fsp3) is 0.314. The number of halogens is 2. The zero-order valence-corrected chi connectivity index (χ0v) is 26.4. The first kappa shape index (κ1) is 31.9. The maximum atomic E-state index is 15.3. The minimum atomic E-state index is -1.26. The van der Waals surface area contributed by atoms with Crippen LogP contribution in [0, 0.1) is 11.6 Å². The Balaban J connectivity index is 1.13. The van der Waals surface area contributed by atoms with Crippen LogP contribution in [0.15, 0.2) is 71.3 Å². The number of hydrogen-bond donors (Lipinski definition) is 1. The first-order valence-electron chi connectivity index (χ1n) is 15.4. The summed E-state index contributed by atoms with van der Waals surface area (Å²) in [7, 11) is 1.56. The maximum Gasteiger partial charge on any atom is 0.247 e. The molecule has 3 heterocycles. The molecule has 1 N–H and O–H groups in total. The number of nitrogens with one attached hydrogen (secondary N) is 1. The van der Waals surface area contributed by atoms with Gasteiger partial charge in [-0.1, -0.05) is 0 Å². The van der Waals surface area contributed by atoms with E-state index in [9.17, 15) is 9.18 Å². The van der Waals surface area contributed by atoms with E-state index in [2.05, 4.69) is 25.4 Å². The molecule has 3 aromatic carbocycles. The number of carbonyl (C=O) groups is 1. The van der Waals surface area contributed by atoms with Crippen LogP contribution < -0.4 is 19.5 Å². The molecule has 0 aliphatic carbocycles. The third-order valence-electron chi connectivity index (χ3n) is 8.09. The molecule has 2 aromatic heterocycles. The Hall–Kier alpha value is -5.10. The van der Waals surface area contributed by atoms with Crippen molar-refractivity contribution in [2.75, 3.05) is 38.7 Å². The standard InChI is InChI=1S/C35H35F2N5O5/c1-35(2,34-41-40-32(47-34)22-7-9-23(36)10-8-22)33(43)39-24-11-12-29(26(37)19-24)46-28-13-14-38-27-21-31(30(44-3)20-25(27)28)45-18-6-17-42-15-4-5-16-42/h7-14,19-21H,4-6,15-18H2,1-3H3,(H,39,43). The average molecular weight is 644 g/mol. The SMILES string of the molecule is COc1cc2c(Oc3ccc(NC(=O)C(C)(C)c4nnc(-c5ccc(F)cc5)o4)cc3F)ccnc2cc1OCCCN1CCCC1. The monoisotopic (exact) mass is 643 g/mol. The number of ether oxygens (including phenoxy) is 3. The van der Waals surface area contributed by atoms with E-state index < -0.39 is 23.0 Å². The molecule has 10 nitrogen and oxygen atoms in total. The lowest BCUT2D eigenvalue weighted by Crippen LogP contribution is -2.35. The van der Waals surface area contributed by atoms with Crippen molar-refractivity contribution in [3.63, 3.8) is 0 Å². The van der Waals surface area contributed by atoms with E-state index in [-0.39, 0.29) is 23.2 Å². The molecule has 0 spiro atoms. The van der Waals surface area contributed by atoms with Crippen LogP contribution in [0.1, 0.15) is 39.0 Å². The Kier molecular flexibility index (Phi) is 9.30. The molecule has 0 radical (unpaired) electrons. The van der Waals surface area contributed by atoms with Crippen LogP contribution in [0.25, 0.3) is 22.4 Å². The third-order valence-corrected chi connectivity index (χ3v) is 8.09. The first-order chi connectivity index (χ1) is 22.7. The number of hydrogen-bond acceptors (Lipinski definition) is 9. The summed E-state index contributed by atoms with van der Waals surface area (Å²) >= 11 is 0. The van der Waals surface area contributed by atoms with Gasteiger partial charge in [-0.2, -0.15) is 0 Å². The van der Waals surface area contributed by atoms with Crippen molar-refractivity contribution in [3.8, 4) is 34.5 Å². The van der Waals surface area contributed by atoms with E-state index in [0.29, 0.717) is 40.3 Å². The minimum absolute atomic E-state index is 0.0446. The summed E-state index contributed by atoms with van der Waals surface area (Å²) in [5.74, 6) is 0.0286. The number of nitrogens with zero attached hydrogens (tertiary/aromatic N) is 4. The van der Waals surface area contributed by atoms with Gasteiger partial charge < -0.3 is 28.8 Å². The first-order valence-corrected chi connectivity index (χ1v) is 15.4. The van der Waals surface area contributed by atoms with Crippen molar-refractivity contribution < 1.29 is 32.2 Å². The quantitative estimate of drug-likeness (QED) is 0.142. The fourth-order valence-corrected chi connectivity index (χ4v) is 5.32. The molecule has 5 aromatic rings. The van der Waals surface area contributed by atoms with Gasteiger partial charge in [0.25, 0.3) is 0 Å². The van der Waals surface area contributed by atoms with Gasteiger partial charge in [-0.15, -0.1) is 10.2 Å². The highest BCUT2D eigenvalue weighted by Crippen LogP contribution is 2.38. The maximum absolute atomic E-state index is 15.3. The summed E-state index contributed by atoms with van der Waals surface area (Å²) < 4.78 is 51.9. The number of carbonyl (C=O) groups excluding carboxylic acids is 1. The van der Waals surface area contributed by atoms with Crippen molar-refractivity contribution in [3.05, 3.63) is 84.4 Å². The molecular formula is C35H35F2N5O5. The van der Waals surface area contributed by atoms with Crippen molar-refractivity contribution in [2.24, 2.45) is 0 Å². The molecule has 47 heavy (non-hydrogen) atoms. The predicted molar refractivity (Wildman–Crippen MR) is 172 cm³/mol. The number of fused-ring (bicyclic) bond motifs is 1. The number of methoxy groups -OCH3 is 1. The fourth-order valence-electron chi connectivity index (χ4n) is 5.32. The van der Waals surface area contributed by atoms with Gasteiger partial charge in [0.2, 0.25) is 17.7 Å². The molecule has 0 atom stereocenters. The van der Waals surface area contributed by atoms with Gasteiger partial charge in [0, 0.05) is 41.5 Å². The van der Waals surface area contributed by atoms with E-state index in [1.165, 1.54) is 55.3 Å². The van der Waals surface area contributed by atoms with Crippen LogP contribution in [0.4, 0.5) is 14.5 Å². The van der Waals surface area contributed by atoms with Gasteiger partial charge in [-0.25, -0.2) is 8.78 Å². The van der Waals surface area contributed by atoms with Crippen molar-refractivity contribution in [2.45, 2.75) is 38.5 Å². The molecule has 1 saturated heterocycles. The van der Waals surface area contributed by atoms with Gasteiger partial charge in [0.1, 0.15) is 17.0 Å². The van der Waals surface area contributed by atoms with Gasteiger partial charge in [0.05, 0.1) is 19.2 Å². The molecule has 1 amide bonds. The number of amides is 1. The zero-order valence-electron chi connectivity index (χ0n) is 26.4. The highest BCUT2D eigenvalue weighted by atomic mass is 19.1. The molecule has 12 heteroatoms. The molecular weight excluding hydrogens is 608 g/mol. The smallest absolute Gasteiger partial charge is 0.247 e. The van der Waals surface area contributed by atoms with Crippen molar-refractivity contribution in [1.82, 2.24) is 20.1 Å². The van der Waals surface area contributed by atoms with Gasteiger partial charge >= 0.3 is 0 Å². The minimum Gasteiger partial charge on any atom is -0.493 e. The number of pyridine rings is 1. The third kappa shape index (κ3) is 7.17. The average Bonchev–Trinajstić information content (AvgIpc) is 3.78. The molecule has 244 valence electrons.